The van der Waals surface area contributed by atoms with Crippen LogP contribution < -0.4 is 25.2 Å². The van der Waals surface area contributed by atoms with E-state index in [1.165, 1.54) is 16.1 Å². The number of benzene rings is 2. The lowest BCUT2D eigenvalue weighted by Crippen LogP contribution is -2.49. The van der Waals surface area contributed by atoms with Gasteiger partial charge in [0.05, 0.1) is 43.6 Å². The van der Waals surface area contributed by atoms with Crippen LogP contribution >= 0.6 is 0 Å². The summed E-state index contributed by atoms with van der Waals surface area (Å²) in [5.41, 5.74) is 2.16. The van der Waals surface area contributed by atoms with Gasteiger partial charge in [0, 0.05) is 31.6 Å². The van der Waals surface area contributed by atoms with Crippen LogP contribution in [0.4, 0.5) is 11.4 Å². The Bertz CT molecular complexity index is 1670. The number of fused-ring (bicyclic) bond motifs is 1. The fourth-order valence-corrected chi connectivity index (χ4v) is 6.72. The number of esters is 1. The van der Waals surface area contributed by atoms with E-state index in [9.17, 15) is 18.0 Å². The SMILES string of the molecule is COC(=O)C1CNc2ccc(CS(=O)(=O)N3CCN(c4cnn(-c5ccccc5)c(=O)c4OCC4(C)CC4)CC3)cc2O1. The van der Waals surface area contributed by atoms with Gasteiger partial charge in [-0.1, -0.05) is 31.2 Å². The second kappa shape index (κ2) is 11.5. The maximum atomic E-state index is 13.6. The smallest absolute Gasteiger partial charge is 0.348 e. The van der Waals surface area contributed by atoms with Crippen molar-refractivity contribution in [3.05, 3.63) is 70.6 Å². The number of nitrogens with zero attached hydrogens (tertiary/aromatic N) is 4. The summed E-state index contributed by atoms with van der Waals surface area (Å²) < 4.78 is 46.3. The van der Waals surface area contributed by atoms with Gasteiger partial charge in [-0.05, 0) is 42.7 Å². The van der Waals surface area contributed by atoms with Crippen molar-refractivity contribution in [1.29, 1.82) is 0 Å². The number of carbonyl (C=O) groups excluding carboxylic acids is 1. The molecule has 0 radical (unpaired) electrons. The molecule has 2 aliphatic heterocycles. The quantitative estimate of drug-likeness (QED) is 0.361. The van der Waals surface area contributed by atoms with Crippen molar-refractivity contribution in [2.75, 3.05) is 56.7 Å². The minimum Gasteiger partial charge on any atom is -0.486 e. The second-order valence-electron chi connectivity index (χ2n) is 11.5. The summed E-state index contributed by atoms with van der Waals surface area (Å²) in [7, 11) is -2.37. The van der Waals surface area contributed by atoms with Gasteiger partial charge in [-0.15, -0.1) is 0 Å². The minimum absolute atomic E-state index is 0.0648. The molecular weight excluding hydrogens is 574 g/mol. The lowest BCUT2D eigenvalue weighted by molar-refractivity contribution is -0.148. The van der Waals surface area contributed by atoms with Crippen LogP contribution in [0, 0.1) is 5.41 Å². The van der Waals surface area contributed by atoms with E-state index in [1.54, 1.807) is 24.4 Å². The highest BCUT2D eigenvalue weighted by atomic mass is 32.2. The van der Waals surface area contributed by atoms with Crippen molar-refractivity contribution in [2.45, 2.75) is 31.6 Å². The minimum atomic E-state index is -3.66. The van der Waals surface area contributed by atoms with Crippen LogP contribution in [0.3, 0.4) is 0 Å². The predicted molar refractivity (Wildman–Crippen MR) is 160 cm³/mol. The van der Waals surface area contributed by atoms with Crippen LogP contribution in [-0.2, 0) is 25.3 Å². The van der Waals surface area contributed by atoms with Crippen molar-refractivity contribution < 1.29 is 27.4 Å². The number of hydrogen-bond acceptors (Lipinski definition) is 10. The molecule has 6 rings (SSSR count). The Morgan fingerprint density at radius 2 is 1.86 bits per heavy atom. The Morgan fingerprint density at radius 3 is 2.56 bits per heavy atom. The molecule has 1 saturated heterocycles. The molecule has 1 unspecified atom stereocenters. The van der Waals surface area contributed by atoms with E-state index in [0.29, 0.717) is 48.1 Å². The summed E-state index contributed by atoms with van der Waals surface area (Å²) in [6, 6.07) is 14.3. The van der Waals surface area contributed by atoms with E-state index in [2.05, 4.69) is 17.3 Å². The Balaban J connectivity index is 1.16. The fourth-order valence-electron chi connectivity index (χ4n) is 5.22. The maximum Gasteiger partial charge on any atom is 0.348 e. The van der Waals surface area contributed by atoms with E-state index in [1.807, 2.05) is 35.2 Å². The molecule has 1 aliphatic carbocycles. The Hall–Kier alpha value is -4.10. The third-order valence-electron chi connectivity index (χ3n) is 8.16. The van der Waals surface area contributed by atoms with E-state index in [0.717, 1.165) is 12.8 Å². The Kier molecular flexibility index (Phi) is 7.77. The number of para-hydroxylation sites is 1. The first kappa shape index (κ1) is 29.0. The van der Waals surface area contributed by atoms with E-state index in [4.69, 9.17) is 14.2 Å². The molecule has 228 valence electrons. The Morgan fingerprint density at radius 1 is 1.12 bits per heavy atom. The topological polar surface area (TPSA) is 132 Å². The molecule has 12 nitrogen and oxygen atoms in total. The normalized spacial score (nSPS) is 19.5. The highest BCUT2D eigenvalue weighted by molar-refractivity contribution is 7.88. The number of carbonyl (C=O) groups is 1. The highest BCUT2D eigenvalue weighted by Crippen LogP contribution is 2.45. The summed E-state index contributed by atoms with van der Waals surface area (Å²) in [6.45, 7) is 4.08. The number of aromatic nitrogens is 2. The van der Waals surface area contributed by atoms with Gasteiger partial charge < -0.3 is 24.4 Å². The summed E-state index contributed by atoms with van der Waals surface area (Å²) in [5.74, 6) is -0.0774. The molecule has 0 amide bonds. The van der Waals surface area contributed by atoms with Crippen molar-refractivity contribution in [2.24, 2.45) is 5.41 Å². The summed E-state index contributed by atoms with van der Waals surface area (Å²) in [5, 5.41) is 7.54. The van der Waals surface area contributed by atoms with E-state index < -0.39 is 22.1 Å². The molecule has 1 atom stereocenters. The molecule has 1 aromatic heterocycles. The predicted octanol–water partition coefficient (Wildman–Crippen LogP) is 2.41. The average molecular weight is 610 g/mol. The van der Waals surface area contributed by atoms with Gasteiger partial charge in [0.25, 0.3) is 0 Å². The summed E-state index contributed by atoms with van der Waals surface area (Å²) in [4.78, 5) is 27.4. The number of piperazine rings is 1. The number of hydrogen-bond donors (Lipinski definition) is 1. The van der Waals surface area contributed by atoms with Gasteiger partial charge >= 0.3 is 11.5 Å². The van der Waals surface area contributed by atoms with Gasteiger partial charge in [-0.3, -0.25) is 4.79 Å². The molecule has 3 heterocycles. The Labute approximate surface area is 250 Å². The zero-order valence-corrected chi connectivity index (χ0v) is 25.0. The first-order valence-electron chi connectivity index (χ1n) is 14.3. The summed E-state index contributed by atoms with van der Waals surface area (Å²) >= 11 is 0. The lowest BCUT2D eigenvalue weighted by atomic mass is 10.1. The molecular formula is C30H35N5O7S. The van der Waals surface area contributed by atoms with Gasteiger partial charge in [0.1, 0.15) is 11.4 Å². The number of ether oxygens (including phenoxy) is 3. The number of sulfonamides is 1. The van der Waals surface area contributed by atoms with Crippen LogP contribution in [0.2, 0.25) is 0 Å². The molecule has 1 saturated carbocycles. The molecule has 2 fully saturated rings. The number of nitrogens with one attached hydrogen (secondary N) is 1. The first-order valence-corrected chi connectivity index (χ1v) is 15.9. The van der Waals surface area contributed by atoms with Crippen molar-refractivity contribution in [3.8, 4) is 17.2 Å². The number of methoxy groups -OCH3 is 1. The third kappa shape index (κ3) is 6.18. The molecule has 0 bridgehead atoms. The zero-order chi connectivity index (χ0) is 30.2. The first-order chi connectivity index (χ1) is 20.7. The van der Waals surface area contributed by atoms with Gasteiger partial charge in [-0.2, -0.15) is 14.1 Å². The van der Waals surface area contributed by atoms with Crippen LogP contribution in [0.5, 0.6) is 11.5 Å². The average Bonchev–Trinajstić information content (AvgIpc) is 3.76. The third-order valence-corrected chi connectivity index (χ3v) is 10.0. The second-order valence-corrected chi connectivity index (χ2v) is 13.5. The van der Waals surface area contributed by atoms with Crippen LogP contribution in [0.25, 0.3) is 5.69 Å². The van der Waals surface area contributed by atoms with E-state index in [-0.39, 0.29) is 42.1 Å². The molecule has 3 aliphatic rings. The van der Waals surface area contributed by atoms with Crippen molar-refractivity contribution in [1.82, 2.24) is 14.1 Å². The molecule has 0 spiro atoms. The molecule has 1 N–H and O–H groups in total. The molecule has 43 heavy (non-hydrogen) atoms. The lowest BCUT2D eigenvalue weighted by Gasteiger charge is -2.36. The number of rotatable bonds is 9. The van der Waals surface area contributed by atoms with Crippen LogP contribution in [-0.4, -0.2) is 81.0 Å². The van der Waals surface area contributed by atoms with E-state index >= 15 is 0 Å². The maximum absolute atomic E-state index is 13.6. The van der Waals surface area contributed by atoms with Crippen molar-refractivity contribution >= 4 is 27.4 Å². The number of anilines is 2. The molecule has 2 aromatic carbocycles. The zero-order valence-electron chi connectivity index (χ0n) is 24.2. The standard InChI is InChI=1S/C30H35N5O7S/c1-30(10-11-30)20-41-27-24(17-32-35(28(27)36)22-6-4-3-5-7-22)33-12-14-34(15-13-33)43(38,39)19-21-8-9-23-25(16-21)42-26(18-31-23)29(37)40-2/h3-9,16-17,26,31H,10-15,18-20H2,1-2H3. The van der Waals surface area contributed by atoms with Crippen molar-refractivity contribution in [3.63, 3.8) is 0 Å². The fraction of sp³-hybridized carbons (Fsp3) is 0.433. The molecule has 3 aromatic rings. The largest absolute Gasteiger partial charge is 0.486 e. The van der Waals surface area contributed by atoms with Gasteiger partial charge in [0.2, 0.25) is 21.9 Å². The van der Waals surface area contributed by atoms with Gasteiger partial charge in [-0.25, -0.2) is 13.2 Å². The van der Waals surface area contributed by atoms with Gasteiger partial charge in [0.15, 0.2) is 0 Å². The monoisotopic (exact) mass is 609 g/mol. The van der Waals surface area contributed by atoms with Crippen LogP contribution in [0.1, 0.15) is 25.3 Å². The highest BCUT2D eigenvalue weighted by Gasteiger charge is 2.39. The van der Waals surface area contributed by atoms with Crippen LogP contribution in [0.15, 0.2) is 59.5 Å². The summed E-state index contributed by atoms with van der Waals surface area (Å²) in [6.07, 6.45) is 2.93. The molecule has 13 heteroatoms.